The minimum absolute atomic E-state index is 0.0695. The SMILES string of the molecule is NCC(NC1CC1)c1ccc(Br)c(F)c1. The largest absolute Gasteiger partial charge is 0.329 e. The summed E-state index contributed by atoms with van der Waals surface area (Å²) in [6.45, 7) is 0.498. The fourth-order valence-corrected chi connectivity index (χ4v) is 1.81. The molecule has 82 valence electrons. The number of nitrogens with two attached hydrogens (primary N) is 1. The van der Waals surface area contributed by atoms with Crippen molar-refractivity contribution in [3.63, 3.8) is 0 Å². The van der Waals surface area contributed by atoms with Gasteiger partial charge >= 0.3 is 0 Å². The lowest BCUT2D eigenvalue weighted by atomic mass is 10.1. The number of halogens is 2. The van der Waals surface area contributed by atoms with E-state index < -0.39 is 0 Å². The lowest BCUT2D eigenvalue weighted by Gasteiger charge is -2.17. The molecule has 1 fully saturated rings. The first-order chi connectivity index (χ1) is 7.20. The average molecular weight is 273 g/mol. The third-order valence-corrected chi connectivity index (χ3v) is 3.24. The number of benzene rings is 1. The van der Waals surface area contributed by atoms with Gasteiger partial charge in [-0.05, 0) is 46.5 Å². The highest BCUT2D eigenvalue weighted by Gasteiger charge is 2.24. The van der Waals surface area contributed by atoms with E-state index in [4.69, 9.17) is 5.73 Å². The van der Waals surface area contributed by atoms with Gasteiger partial charge in [-0.15, -0.1) is 0 Å². The van der Waals surface area contributed by atoms with E-state index >= 15 is 0 Å². The van der Waals surface area contributed by atoms with Crippen LogP contribution in [0.5, 0.6) is 0 Å². The molecule has 0 heterocycles. The zero-order valence-corrected chi connectivity index (χ0v) is 9.93. The highest BCUT2D eigenvalue weighted by Crippen LogP contribution is 2.25. The maximum absolute atomic E-state index is 13.3. The standard InChI is InChI=1S/C11H14BrFN2/c12-9-4-1-7(5-10(9)13)11(6-14)15-8-2-3-8/h1,4-5,8,11,15H,2-3,6,14H2. The molecule has 0 radical (unpaired) electrons. The lowest BCUT2D eigenvalue weighted by molar-refractivity contribution is 0.532. The molecule has 0 amide bonds. The second kappa shape index (κ2) is 4.60. The van der Waals surface area contributed by atoms with E-state index in [1.807, 2.05) is 6.07 Å². The Balaban J connectivity index is 2.13. The van der Waals surface area contributed by atoms with Gasteiger partial charge in [-0.1, -0.05) is 6.07 Å². The molecular weight excluding hydrogens is 259 g/mol. The van der Waals surface area contributed by atoms with E-state index in [9.17, 15) is 4.39 Å². The Morgan fingerprint density at radius 2 is 2.27 bits per heavy atom. The Kier molecular flexibility index (Phi) is 3.38. The van der Waals surface area contributed by atoms with Gasteiger partial charge in [0, 0.05) is 18.6 Å². The summed E-state index contributed by atoms with van der Waals surface area (Å²) in [6.07, 6.45) is 2.41. The molecule has 1 unspecified atom stereocenters. The van der Waals surface area contributed by atoms with Gasteiger partial charge in [-0.3, -0.25) is 0 Å². The van der Waals surface area contributed by atoms with Gasteiger partial charge in [-0.25, -0.2) is 4.39 Å². The third kappa shape index (κ3) is 2.77. The van der Waals surface area contributed by atoms with Crippen LogP contribution in [0.25, 0.3) is 0 Å². The Labute approximate surface area is 97.2 Å². The molecule has 4 heteroatoms. The number of rotatable bonds is 4. The second-order valence-electron chi connectivity index (χ2n) is 3.90. The van der Waals surface area contributed by atoms with Gasteiger partial charge in [0.2, 0.25) is 0 Å². The Morgan fingerprint density at radius 1 is 1.53 bits per heavy atom. The summed E-state index contributed by atoms with van der Waals surface area (Å²) in [5.74, 6) is -0.233. The molecule has 0 aromatic heterocycles. The summed E-state index contributed by atoms with van der Waals surface area (Å²) >= 11 is 3.14. The zero-order valence-electron chi connectivity index (χ0n) is 8.34. The van der Waals surface area contributed by atoms with Crippen molar-refractivity contribution in [3.05, 3.63) is 34.1 Å². The van der Waals surface area contributed by atoms with Gasteiger partial charge in [0.25, 0.3) is 0 Å². The molecule has 1 aliphatic rings. The smallest absolute Gasteiger partial charge is 0.137 e. The topological polar surface area (TPSA) is 38.0 Å². The van der Waals surface area contributed by atoms with Gasteiger partial charge in [-0.2, -0.15) is 0 Å². The molecular formula is C11H14BrFN2. The van der Waals surface area contributed by atoms with Crippen molar-refractivity contribution in [2.24, 2.45) is 5.73 Å². The van der Waals surface area contributed by atoms with Crippen molar-refractivity contribution >= 4 is 15.9 Å². The normalized spacial score (nSPS) is 17.8. The molecule has 1 aromatic carbocycles. The quantitative estimate of drug-likeness (QED) is 0.883. The second-order valence-corrected chi connectivity index (χ2v) is 4.76. The van der Waals surface area contributed by atoms with Crippen LogP contribution in [-0.2, 0) is 0 Å². The molecule has 0 aliphatic heterocycles. The van der Waals surface area contributed by atoms with Crippen molar-refractivity contribution in [1.82, 2.24) is 5.32 Å². The summed E-state index contributed by atoms with van der Waals surface area (Å²) < 4.78 is 13.8. The fraction of sp³-hybridized carbons (Fsp3) is 0.455. The predicted octanol–water partition coefficient (Wildman–Crippen LogP) is 2.34. The summed E-state index contributed by atoms with van der Waals surface area (Å²) in [6, 6.07) is 5.81. The van der Waals surface area contributed by atoms with E-state index in [1.165, 1.54) is 18.9 Å². The van der Waals surface area contributed by atoms with Gasteiger partial charge in [0.1, 0.15) is 5.82 Å². The van der Waals surface area contributed by atoms with Crippen LogP contribution in [0.1, 0.15) is 24.4 Å². The van der Waals surface area contributed by atoms with Crippen molar-refractivity contribution < 1.29 is 4.39 Å². The van der Waals surface area contributed by atoms with Crippen molar-refractivity contribution in [2.75, 3.05) is 6.54 Å². The molecule has 2 nitrogen and oxygen atoms in total. The average Bonchev–Trinajstić information content (AvgIpc) is 3.02. The lowest BCUT2D eigenvalue weighted by Crippen LogP contribution is -2.29. The summed E-state index contributed by atoms with van der Waals surface area (Å²) in [5, 5.41) is 3.40. The van der Waals surface area contributed by atoms with E-state index in [0.717, 1.165) is 5.56 Å². The van der Waals surface area contributed by atoms with Crippen LogP contribution in [0.2, 0.25) is 0 Å². The zero-order chi connectivity index (χ0) is 10.8. The monoisotopic (exact) mass is 272 g/mol. The molecule has 15 heavy (non-hydrogen) atoms. The number of nitrogens with one attached hydrogen (secondary N) is 1. The van der Waals surface area contributed by atoms with Crippen LogP contribution >= 0.6 is 15.9 Å². The Morgan fingerprint density at radius 3 is 2.80 bits per heavy atom. The molecule has 1 atom stereocenters. The van der Waals surface area contributed by atoms with Crippen molar-refractivity contribution in [3.8, 4) is 0 Å². The Bertz CT molecular complexity index is 352. The number of hydrogen-bond acceptors (Lipinski definition) is 2. The first-order valence-electron chi connectivity index (χ1n) is 5.12. The summed E-state index contributed by atoms with van der Waals surface area (Å²) in [7, 11) is 0. The Hall–Kier alpha value is -0.450. The maximum Gasteiger partial charge on any atom is 0.137 e. The van der Waals surface area contributed by atoms with Crippen molar-refractivity contribution in [2.45, 2.75) is 24.9 Å². The highest BCUT2D eigenvalue weighted by molar-refractivity contribution is 9.10. The van der Waals surface area contributed by atoms with E-state index in [-0.39, 0.29) is 11.9 Å². The third-order valence-electron chi connectivity index (χ3n) is 2.60. The summed E-state index contributed by atoms with van der Waals surface area (Å²) in [5.41, 5.74) is 6.59. The van der Waals surface area contributed by atoms with Crippen LogP contribution in [-0.4, -0.2) is 12.6 Å². The van der Waals surface area contributed by atoms with Crippen LogP contribution < -0.4 is 11.1 Å². The van der Waals surface area contributed by atoms with Crippen molar-refractivity contribution in [1.29, 1.82) is 0 Å². The molecule has 0 spiro atoms. The molecule has 3 N–H and O–H groups in total. The molecule has 1 saturated carbocycles. The van der Waals surface area contributed by atoms with Crippen LogP contribution in [0.4, 0.5) is 4.39 Å². The number of hydrogen-bond donors (Lipinski definition) is 2. The first-order valence-corrected chi connectivity index (χ1v) is 5.91. The van der Waals surface area contributed by atoms with Gasteiger partial charge in [0.15, 0.2) is 0 Å². The maximum atomic E-state index is 13.3. The minimum atomic E-state index is -0.233. The molecule has 2 rings (SSSR count). The predicted molar refractivity (Wildman–Crippen MR) is 62.1 cm³/mol. The summed E-state index contributed by atoms with van der Waals surface area (Å²) in [4.78, 5) is 0. The van der Waals surface area contributed by atoms with E-state index in [2.05, 4.69) is 21.2 Å². The molecule has 1 aliphatic carbocycles. The van der Waals surface area contributed by atoms with E-state index in [0.29, 0.717) is 17.1 Å². The molecule has 0 bridgehead atoms. The minimum Gasteiger partial charge on any atom is -0.329 e. The van der Waals surface area contributed by atoms with Crippen LogP contribution in [0.3, 0.4) is 0 Å². The first kappa shape index (κ1) is 11.0. The van der Waals surface area contributed by atoms with Gasteiger partial charge < -0.3 is 11.1 Å². The molecule has 0 saturated heterocycles. The fourth-order valence-electron chi connectivity index (χ4n) is 1.56. The highest BCUT2D eigenvalue weighted by atomic mass is 79.9. The van der Waals surface area contributed by atoms with E-state index in [1.54, 1.807) is 6.07 Å². The van der Waals surface area contributed by atoms with Gasteiger partial charge in [0.05, 0.1) is 4.47 Å². The molecule has 1 aromatic rings. The van der Waals surface area contributed by atoms with Crippen LogP contribution in [0, 0.1) is 5.82 Å². The van der Waals surface area contributed by atoms with Crippen LogP contribution in [0.15, 0.2) is 22.7 Å².